The SMILES string of the molecule is CC(C)=[N+](C)O.CC(C)=[N+](C)O.CC=[N+](C)C.CN(C)C.CN(C)C.CN=C(C)C.COC.[Y]. The van der Waals surface area contributed by atoms with E-state index in [4.69, 9.17) is 10.4 Å². The second-order valence-electron chi connectivity index (χ2n) is 8.43. The Morgan fingerprint density at radius 2 is 0.794 bits per heavy atom. The summed E-state index contributed by atoms with van der Waals surface area (Å²) in [6.07, 6.45) is 2.00. The Labute approximate surface area is 239 Å². The van der Waals surface area contributed by atoms with Gasteiger partial charge in [-0.15, -0.1) is 0 Å². The third kappa shape index (κ3) is 226. The smallest absolute Gasteiger partial charge is 0.197 e. The summed E-state index contributed by atoms with van der Waals surface area (Å²) in [6, 6.07) is 0. The molecule has 0 aromatic heterocycles. The van der Waals surface area contributed by atoms with E-state index in [-0.39, 0.29) is 32.7 Å². The van der Waals surface area contributed by atoms with E-state index in [0.717, 1.165) is 26.6 Å². The summed E-state index contributed by atoms with van der Waals surface area (Å²) in [5.74, 6) is 0. The van der Waals surface area contributed by atoms with Gasteiger partial charge in [0, 0.05) is 94.3 Å². The van der Waals surface area contributed by atoms with Gasteiger partial charge < -0.3 is 14.5 Å². The van der Waals surface area contributed by atoms with Crippen molar-refractivity contribution < 1.29 is 61.9 Å². The van der Waals surface area contributed by atoms with Crippen LogP contribution in [0.3, 0.4) is 0 Å². The molecule has 34 heavy (non-hydrogen) atoms. The molecule has 0 bridgehead atoms. The molecule has 9 nitrogen and oxygen atoms in total. The molecule has 0 fully saturated rings. The summed E-state index contributed by atoms with van der Waals surface area (Å²) in [5, 5.41) is 16.9. The average molecular weight is 573 g/mol. The van der Waals surface area contributed by atoms with Crippen LogP contribution in [0.4, 0.5) is 0 Å². The average Bonchev–Trinajstić information content (AvgIpc) is 2.62. The normalized spacial score (nSPS) is 7.47. The molecular weight excluding hydrogens is 509 g/mol. The first-order valence-electron chi connectivity index (χ1n) is 10.6. The quantitative estimate of drug-likeness (QED) is 0.202. The number of methoxy groups -OCH3 is 1. The van der Waals surface area contributed by atoms with Gasteiger partial charge in [-0.2, -0.15) is 0 Å². The van der Waals surface area contributed by atoms with Crippen LogP contribution < -0.4 is 0 Å². The summed E-state index contributed by atoms with van der Waals surface area (Å²) in [5.41, 5.74) is 2.93. The van der Waals surface area contributed by atoms with Crippen LogP contribution in [-0.4, -0.2) is 149 Å². The molecule has 0 saturated carbocycles. The Morgan fingerprint density at radius 3 is 0.794 bits per heavy atom. The van der Waals surface area contributed by atoms with E-state index >= 15 is 0 Å². The fourth-order valence-corrected chi connectivity index (χ4v) is 0. The molecule has 0 atom stereocenters. The Hall–Kier alpha value is -0.736. The zero-order valence-corrected chi connectivity index (χ0v) is 29.5. The predicted molar refractivity (Wildman–Crippen MR) is 149 cm³/mol. The molecule has 0 aliphatic rings. The Bertz CT molecular complexity index is 411. The summed E-state index contributed by atoms with van der Waals surface area (Å²) in [4.78, 5) is 7.81. The summed E-state index contributed by atoms with van der Waals surface area (Å²) in [6.45, 7) is 13.3. The maximum Gasteiger partial charge on any atom is 0.197 e. The number of hydroxylamine groups is 2. The number of nitrogens with zero attached hydrogens (tertiary/aromatic N) is 6. The molecule has 2 N–H and O–H groups in total. The monoisotopic (exact) mass is 572 g/mol. The first kappa shape index (κ1) is 54.3. The standard InChI is InChI=1S/2C4H10NO.C4H10N.C4H9N.2C3H9N.C2H6O.Y/c2*1-4(2)5(3)6;1-4-5(2)3;1-4(2)5-3;2*1-4(2)3;1-3-2;/h2*6H,1-3H3;4H,1-3H3;1-3H3;2*1-3H3;1-2H3;/q3*+1;;;;;. The fourth-order valence-electron chi connectivity index (χ4n) is 0. The molecule has 0 unspecified atom stereocenters. The second-order valence-corrected chi connectivity index (χ2v) is 8.43. The molecule has 1 radical (unpaired) electrons. The minimum Gasteiger partial charge on any atom is -0.388 e. The molecule has 0 spiro atoms. The number of aliphatic imine (C=N–C) groups is 1. The maximum absolute atomic E-state index is 8.43. The number of ether oxygens (including phenoxy) is 1. The van der Waals surface area contributed by atoms with Gasteiger partial charge >= 0.3 is 0 Å². The second kappa shape index (κ2) is 45.7. The summed E-state index contributed by atoms with van der Waals surface area (Å²) < 4.78 is 8.42. The van der Waals surface area contributed by atoms with Crippen LogP contribution in [0.25, 0.3) is 0 Å². The van der Waals surface area contributed by atoms with Crippen molar-refractivity contribution in [3.05, 3.63) is 0 Å². The molecule has 0 aliphatic heterocycles. The van der Waals surface area contributed by atoms with E-state index in [1.165, 1.54) is 0 Å². The minimum atomic E-state index is 0. The van der Waals surface area contributed by atoms with Crippen molar-refractivity contribution >= 4 is 23.3 Å². The molecule has 0 heterocycles. The summed E-state index contributed by atoms with van der Waals surface area (Å²) in [7, 11) is 24.2. The van der Waals surface area contributed by atoms with Crippen LogP contribution in [0.15, 0.2) is 4.99 Å². The number of rotatable bonds is 0. The van der Waals surface area contributed by atoms with Crippen LogP contribution in [0.5, 0.6) is 0 Å². The van der Waals surface area contributed by atoms with Crippen LogP contribution in [0.1, 0.15) is 48.5 Å². The first-order valence-corrected chi connectivity index (χ1v) is 10.6. The molecular formula is C24H63N6O3Y+3. The van der Waals surface area contributed by atoms with Crippen LogP contribution >= 0.6 is 0 Å². The molecule has 0 aliphatic carbocycles. The van der Waals surface area contributed by atoms with E-state index in [1.807, 2.05) is 125 Å². The third-order valence-corrected chi connectivity index (χ3v) is 2.26. The van der Waals surface area contributed by atoms with Crippen molar-refractivity contribution in [3.63, 3.8) is 0 Å². The Balaban J connectivity index is -0.0000000389. The van der Waals surface area contributed by atoms with E-state index in [2.05, 4.69) is 9.73 Å². The maximum atomic E-state index is 8.43. The fraction of sp³-hybridized carbons (Fsp3) is 0.833. The predicted octanol–water partition coefficient (Wildman–Crippen LogP) is 3.06. The van der Waals surface area contributed by atoms with E-state index in [1.54, 1.807) is 35.4 Å². The zero-order valence-electron chi connectivity index (χ0n) is 26.6. The van der Waals surface area contributed by atoms with Crippen LogP contribution in [0, 0.1) is 0 Å². The van der Waals surface area contributed by atoms with Crippen LogP contribution in [0.2, 0.25) is 0 Å². The molecule has 0 aromatic rings. The summed E-state index contributed by atoms with van der Waals surface area (Å²) >= 11 is 0. The van der Waals surface area contributed by atoms with Gasteiger partial charge in [0.1, 0.15) is 20.3 Å². The molecule has 0 amide bonds. The van der Waals surface area contributed by atoms with E-state index in [0.29, 0.717) is 0 Å². The van der Waals surface area contributed by atoms with Crippen molar-refractivity contribution in [1.82, 2.24) is 9.80 Å². The van der Waals surface area contributed by atoms with E-state index in [9.17, 15) is 0 Å². The topological polar surface area (TPSA) is 77.6 Å². The van der Waals surface area contributed by atoms with Gasteiger partial charge in [0.2, 0.25) is 0 Å². The third-order valence-electron chi connectivity index (χ3n) is 2.26. The van der Waals surface area contributed by atoms with Gasteiger partial charge in [-0.05, 0) is 65.6 Å². The Kier molecular flexibility index (Phi) is 72.9. The molecule has 10 heteroatoms. The van der Waals surface area contributed by atoms with Crippen molar-refractivity contribution in [3.8, 4) is 0 Å². The first-order chi connectivity index (χ1) is 14.7. The van der Waals surface area contributed by atoms with Gasteiger partial charge in [0.25, 0.3) is 0 Å². The molecule has 207 valence electrons. The molecule has 0 saturated heterocycles. The number of hydrogen-bond acceptors (Lipinski definition) is 6. The minimum absolute atomic E-state index is 0. The molecule has 0 aromatic carbocycles. The van der Waals surface area contributed by atoms with Gasteiger partial charge in [-0.25, -0.2) is 4.58 Å². The number of hydrogen-bond donors (Lipinski definition) is 2. The van der Waals surface area contributed by atoms with Crippen LogP contribution in [-0.2, 0) is 37.4 Å². The van der Waals surface area contributed by atoms with Gasteiger partial charge in [-0.3, -0.25) is 15.4 Å². The zero-order chi connectivity index (χ0) is 28.7. The van der Waals surface area contributed by atoms with Crippen molar-refractivity contribution in [2.24, 2.45) is 4.99 Å². The van der Waals surface area contributed by atoms with Gasteiger partial charge in [0.15, 0.2) is 25.5 Å². The Morgan fingerprint density at radius 1 is 0.706 bits per heavy atom. The van der Waals surface area contributed by atoms with Crippen molar-refractivity contribution in [1.29, 1.82) is 0 Å². The molecule has 0 rings (SSSR count). The van der Waals surface area contributed by atoms with Crippen molar-refractivity contribution in [2.75, 3.05) is 91.7 Å². The van der Waals surface area contributed by atoms with E-state index < -0.39 is 0 Å². The van der Waals surface area contributed by atoms with Gasteiger partial charge in [-0.1, -0.05) is 0 Å². The van der Waals surface area contributed by atoms with Crippen molar-refractivity contribution in [2.45, 2.75) is 48.5 Å². The largest absolute Gasteiger partial charge is 0.388 e. The van der Waals surface area contributed by atoms with Gasteiger partial charge in [0.05, 0.1) is 0 Å².